The van der Waals surface area contributed by atoms with Gasteiger partial charge in [-0.25, -0.2) is 13.2 Å². The third-order valence-electron chi connectivity index (χ3n) is 10.0. The van der Waals surface area contributed by atoms with E-state index < -0.39 is 52.4 Å². The summed E-state index contributed by atoms with van der Waals surface area (Å²) in [5, 5.41) is 4.63. The maximum atomic E-state index is 15.4. The van der Waals surface area contributed by atoms with Gasteiger partial charge in [0.15, 0.2) is 11.5 Å². The van der Waals surface area contributed by atoms with Crippen LogP contribution in [-0.4, -0.2) is 87.5 Å². The molecule has 1 amide bonds. The van der Waals surface area contributed by atoms with Crippen molar-refractivity contribution in [1.29, 1.82) is 0 Å². The first kappa shape index (κ1) is 34.6. The van der Waals surface area contributed by atoms with Gasteiger partial charge in [0, 0.05) is 57.7 Å². The van der Waals surface area contributed by atoms with Gasteiger partial charge >= 0.3 is 12.2 Å². The second kappa shape index (κ2) is 12.7. The first-order valence-corrected chi connectivity index (χ1v) is 16.6. The quantitative estimate of drug-likeness (QED) is 0.274. The molecule has 4 aliphatic heterocycles. The largest absolute Gasteiger partial charge is 0.461 e. The summed E-state index contributed by atoms with van der Waals surface area (Å²) in [7, 11) is 3.18. The fourth-order valence-electron chi connectivity index (χ4n) is 7.60. The molecule has 0 saturated carbocycles. The molecule has 0 unspecified atom stereocenters. The topological polar surface area (TPSA) is 115 Å². The van der Waals surface area contributed by atoms with E-state index in [4.69, 9.17) is 31.8 Å². The number of nitrogens with two attached hydrogens (primary N) is 1. The molecule has 2 fully saturated rings. The van der Waals surface area contributed by atoms with E-state index in [-0.39, 0.29) is 67.0 Å². The van der Waals surface area contributed by atoms with Gasteiger partial charge in [0.05, 0.1) is 46.8 Å². The van der Waals surface area contributed by atoms with E-state index in [1.165, 1.54) is 4.90 Å². The maximum Gasteiger partial charge on any atom is 0.416 e. The number of ether oxygens (including phenoxy) is 2. The Morgan fingerprint density at radius 1 is 1.20 bits per heavy atom. The molecular formula is C32H35ClF6N8O3. The smallest absolute Gasteiger partial charge is 0.416 e. The number of hydrogen-bond acceptors (Lipinski definition) is 9. The summed E-state index contributed by atoms with van der Waals surface area (Å²) < 4.78 is 100. The number of carbonyl (C=O) groups excluding carboxylic acids is 1. The highest BCUT2D eigenvalue weighted by atomic mass is 35.5. The zero-order chi connectivity index (χ0) is 35.7. The Labute approximate surface area is 288 Å². The van der Waals surface area contributed by atoms with Crippen molar-refractivity contribution in [2.24, 2.45) is 0 Å². The number of benzene rings is 1. The van der Waals surface area contributed by atoms with Crippen molar-refractivity contribution >= 4 is 29.0 Å². The Morgan fingerprint density at radius 2 is 1.98 bits per heavy atom. The third-order valence-corrected chi connectivity index (χ3v) is 10.4. The second-order valence-corrected chi connectivity index (χ2v) is 13.9. The molecule has 3 aromatic rings. The zero-order valence-electron chi connectivity index (χ0n) is 27.3. The summed E-state index contributed by atoms with van der Waals surface area (Å²) in [6.45, 7) is 1.82. The van der Waals surface area contributed by atoms with Crippen molar-refractivity contribution in [2.45, 2.75) is 75.8 Å². The van der Waals surface area contributed by atoms with E-state index in [0.29, 0.717) is 43.1 Å². The first-order chi connectivity index (χ1) is 23.7. The molecule has 270 valence electrons. The van der Waals surface area contributed by atoms with E-state index in [2.05, 4.69) is 15.0 Å². The van der Waals surface area contributed by atoms with Crippen molar-refractivity contribution < 1.29 is 40.6 Å². The van der Waals surface area contributed by atoms with Crippen molar-refractivity contribution in [3.63, 3.8) is 0 Å². The molecule has 1 aromatic carbocycles. The minimum Gasteiger partial charge on any atom is -0.461 e. The van der Waals surface area contributed by atoms with Crippen molar-refractivity contribution in [2.75, 3.05) is 51.0 Å². The molecule has 0 aliphatic carbocycles. The van der Waals surface area contributed by atoms with Gasteiger partial charge in [-0.05, 0) is 31.9 Å². The number of amides is 1. The number of nitrogen functional groups attached to an aromatic ring is 1. The molecule has 2 aromatic heterocycles. The lowest BCUT2D eigenvalue weighted by atomic mass is 9.93. The molecule has 7 rings (SSSR count). The summed E-state index contributed by atoms with van der Waals surface area (Å²) >= 11 is 6.70. The maximum absolute atomic E-state index is 15.4. The van der Waals surface area contributed by atoms with Crippen LogP contribution in [0.15, 0.2) is 6.07 Å². The van der Waals surface area contributed by atoms with Crippen molar-refractivity contribution in [3.05, 3.63) is 56.5 Å². The molecule has 18 heteroatoms. The predicted octanol–water partition coefficient (Wildman–Crippen LogP) is 5.09. The molecule has 0 spiro atoms. The van der Waals surface area contributed by atoms with E-state index in [9.17, 15) is 26.7 Å². The van der Waals surface area contributed by atoms with Crippen LogP contribution in [-0.2, 0) is 37.0 Å². The average Bonchev–Trinajstić information content (AvgIpc) is 3.63. The van der Waals surface area contributed by atoms with Gasteiger partial charge in [0.1, 0.15) is 30.1 Å². The summed E-state index contributed by atoms with van der Waals surface area (Å²) in [4.78, 5) is 27.4. The van der Waals surface area contributed by atoms with Crippen LogP contribution < -0.4 is 15.4 Å². The molecular weight excluding hydrogens is 694 g/mol. The number of rotatable bonds is 6. The second-order valence-electron chi connectivity index (χ2n) is 13.5. The highest BCUT2D eigenvalue weighted by molar-refractivity contribution is 6.34. The highest BCUT2D eigenvalue weighted by Gasteiger charge is 2.49. The summed E-state index contributed by atoms with van der Waals surface area (Å²) in [5.41, 5.74) is 2.75. The van der Waals surface area contributed by atoms with Crippen LogP contribution in [0.1, 0.15) is 70.4 Å². The Morgan fingerprint density at radius 3 is 2.72 bits per heavy atom. The number of fused-ring (bicyclic) bond motifs is 3. The van der Waals surface area contributed by atoms with Crippen LogP contribution in [0.2, 0.25) is 5.02 Å². The fourth-order valence-corrected chi connectivity index (χ4v) is 7.88. The number of nitrogens with zero attached hydrogens (tertiary/aromatic N) is 7. The number of alkyl halides is 4. The van der Waals surface area contributed by atoms with Gasteiger partial charge in [-0.3, -0.25) is 14.4 Å². The summed E-state index contributed by atoms with van der Waals surface area (Å²) in [6.07, 6.45) is -5.54. The predicted molar refractivity (Wildman–Crippen MR) is 169 cm³/mol. The average molecular weight is 729 g/mol. The number of aryl methyl sites for hydroxylation is 1. The summed E-state index contributed by atoms with van der Waals surface area (Å²) in [5.74, 6) is -3.11. The highest BCUT2D eigenvalue weighted by Crippen LogP contribution is 2.45. The van der Waals surface area contributed by atoms with Crippen LogP contribution in [0.3, 0.4) is 0 Å². The molecule has 6 heterocycles. The molecule has 2 saturated heterocycles. The fraction of sp³-hybridized carbons (Fsp3) is 0.562. The van der Waals surface area contributed by atoms with Crippen LogP contribution in [0.4, 0.5) is 37.8 Å². The Kier molecular flexibility index (Phi) is 8.82. The van der Waals surface area contributed by atoms with Gasteiger partial charge in [-0.2, -0.15) is 28.2 Å². The van der Waals surface area contributed by atoms with Crippen LogP contribution >= 0.6 is 11.6 Å². The standard InChI is InChI=1S/C32H35ClF6N8O3/c1-44(2)29(48)27-24(33)21-13-45(6-4-8-47(21)43-27)28-17-14-49-22(23-18(32(37,38)39)9-19(35)26(40)25(23)36)10-20(17)41-30(42-28)50-15-31-5-3-7-46(31)12-16(34)11-31/h9,16,22H,3-8,10-15,40H2,1-2H3/t16-,22+,31+/m1/s1. The van der Waals surface area contributed by atoms with Gasteiger partial charge in [0.25, 0.3) is 5.91 Å². The normalized spacial score (nSPS) is 23.7. The molecule has 2 N–H and O–H groups in total. The number of anilines is 2. The van der Waals surface area contributed by atoms with Gasteiger partial charge in [-0.1, -0.05) is 11.6 Å². The number of carbonyl (C=O) groups is 1. The molecule has 0 bridgehead atoms. The molecule has 0 radical (unpaired) electrons. The monoisotopic (exact) mass is 728 g/mol. The van der Waals surface area contributed by atoms with Crippen LogP contribution in [0.5, 0.6) is 6.01 Å². The molecule has 50 heavy (non-hydrogen) atoms. The van der Waals surface area contributed by atoms with Crippen LogP contribution in [0, 0.1) is 11.6 Å². The van der Waals surface area contributed by atoms with E-state index in [0.717, 1.165) is 19.4 Å². The Balaban J connectivity index is 1.28. The van der Waals surface area contributed by atoms with Gasteiger partial charge < -0.3 is 25.0 Å². The van der Waals surface area contributed by atoms with Gasteiger partial charge in [0.2, 0.25) is 0 Å². The molecule has 11 nitrogen and oxygen atoms in total. The van der Waals surface area contributed by atoms with Crippen molar-refractivity contribution in [3.8, 4) is 6.01 Å². The van der Waals surface area contributed by atoms with E-state index in [1.54, 1.807) is 18.8 Å². The Bertz CT molecular complexity index is 1840. The van der Waals surface area contributed by atoms with Gasteiger partial charge in [-0.15, -0.1) is 0 Å². The Hall–Kier alpha value is -3.83. The van der Waals surface area contributed by atoms with Crippen molar-refractivity contribution in [1.82, 2.24) is 29.5 Å². The third kappa shape index (κ3) is 6.00. The SMILES string of the molecule is CN(C)C(=O)c1nn2c(c1Cl)CN(c1nc(OC[C@@]34CCCN3C[C@H](F)C4)nc3c1CO[C@H](c1c(C(F)(F)F)cc(F)c(N)c1F)C3)CCC2. The lowest BCUT2D eigenvalue weighted by Crippen LogP contribution is -2.43. The lowest BCUT2D eigenvalue weighted by Gasteiger charge is -2.33. The lowest BCUT2D eigenvalue weighted by molar-refractivity contribution is -0.140. The summed E-state index contributed by atoms with van der Waals surface area (Å²) in [6, 6.07) is 0.0728. The number of aromatic nitrogens is 4. The zero-order valence-corrected chi connectivity index (χ0v) is 28.1. The van der Waals surface area contributed by atoms with E-state index in [1.807, 2.05) is 4.90 Å². The van der Waals surface area contributed by atoms with E-state index >= 15 is 4.39 Å². The molecule has 4 aliphatic rings. The first-order valence-electron chi connectivity index (χ1n) is 16.3. The van der Waals surface area contributed by atoms with Crippen LogP contribution in [0.25, 0.3) is 0 Å². The minimum atomic E-state index is -5.11. The number of hydrogen-bond donors (Lipinski definition) is 1. The minimum absolute atomic E-state index is 0.0848. The molecule has 3 atom stereocenters. The number of halogens is 7.